The number of nitrogens with zero attached hydrogens (tertiary/aromatic N) is 1. The molecule has 0 spiro atoms. The van der Waals surface area contributed by atoms with Crippen molar-refractivity contribution < 1.29 is 14.5 Å². The highest BCUT2D eigenvalue weighted by Gasteiger charge is 2.18. The molecule has 6 nitrogen and oxygen atoms in total. The first-order valence-corrected chi connectivity index (χ1v) is 6.77. The van der Waals surface area contributed by atoms with Gasteiger partial charge in [0.15, 0.2) is 5.75 Å². The van der Waals surface area contributed by atoms with Crippen LogP contribution < -0.4 is 10.1 Å². The number of rotatable bonds is 4. The van der Waals surface area contributed by atoms with Crippen molar-refractivity contribution in [1.29, 1.82) is 0 Å². The molecular weight excluding hydrogens is 331 g/mol. The summed E-state index contributed by atoms with van der Waals surface area (Å²) in [6.07, 6.45) is 0. The van der Waals surface area contributed by atoms with Gasteiger partial charge in [0.25, 0.3) is 5.91 Å². The van der Waals surface area contributed by atoms with Gasteiger partial charge in [-0.15, -0.1) is 0 Å². The van der Waals surface area contributed by atoms with Crippen molar-refractivity contribution >= 4 is 40.5 Å². The van der Waals surface area contributed by atoms with Crippen LogP contribution in [0.3, 0.4) is 0 Å². The molecule has 22 heavy (non-hydrogen) atoms. The maximum atomic E-state index is 12.1. The number of ether oxygens (including phenoxy) is 1. The molecule has 0 unspecified atom stereocenters. The number of carbonyl (C=O) groups is 1. The molecular formula is C14H10Cl2N2O4. The second-order valence-corrected chi connectivity index (χ2v) is 5.04. The van der Waals surface area contributed by atoms with E-state index >= 15 is 0 Å². The molecule has 0 atom stereocenters. The number of anilines is 1. The summed E-state index contributed by atoms with van der Waals surface area (Å²) in [6.45, 7) is 0. The van der Waals surface area contributed by atoms with Crippen molar-refractivity contribution in [3.05, 3.63) is 62.1 Å². The topological polar surface area (TPSA) is 81.5 Å². The first-order chi connectivity index (χ1) is 10.4. The van der Waals surface area contributed by atoms with E-state index < -0.39 is 10.8 Å². The highest BCUT2D eigenvalue weighted by atomic mass is 35.5. The Labute approximate surface area is 135 Å². The standard InChI is InChI=1S/C14H10Cl2N2O4/c1-22-13-5-2-8(6-12(13)18(20)21)14(19)17-9-3-4-10(15)11(16)7-9/h2-7H,1H3,(H,17,19). The lowest BCUT2D eigenvalue weighted by molar-refractivity contribution is -0.385. The molecule has 0 saturated carbocycles. The number of halogens is 2. The monoisotopic (exact) mass is 340 g/mol. The van der Waals surface area contributed by atoms with Crippen LogP contribution in [0.25, 0.3) is 0 Å². The van der Waals surface area contributed by atoms with E-state index in [1.807, 2.05) is 0 Å². The highest BCUT2D eigenvalue weighted by Crippen LogP contribution is 2.28. The van der Waals surface area contributed by atoms with E-state index in [1.54, 1.807) is 6.07 Å². The van der Waals surface area contributed by atoms with Gasteiger partial charge in [-0.2, -0.15) is 0 Å². The van der Waals surface area contributed by atoms with Crippen LogP contribution in [0.5, 0.6) is 5.75 Å². The molecule has 0 radical (unpaired) electrons. The summed E-state index contributed by atoms with van der Waals surface area (Å²) < 4.78 is 4.88. The fraction of sp³-hybridized carbons (Fsp3) is 0.0714. The van der Waals surface area contributed by atoms with Crippen LogP contribution in [-0.4, -0.2) is 17.9 Å². The minimum atomic E-state index is -0.616. The lowest BCUT2D eigenvalue weighted by Crippen LogP contribution is -2.12. The zero-order chi connectivity index (χ0) is 16.3. The summed E-state index contributed by atoms with van der Waals surface area (Å²) >= 11 is 11.7. The van der Waals surface area contributed by atoms with Crippen molar-refractivity contribution in [2.24, 2.45) is 0 Å². The van der Waals surface area contributed by atoms with Crippen molar-refractivity contribution in [2.75, 3.05) is 12.4 Å². The average Bonchev–Trinajstić information content (AvgIpc) is 2.50. The first kappa shape index (κ1) is 16.1. The second kappa shape index (κ2) is 6.64. The minimum Gasteiger partial charge on any atom is -0.490 e. The van der Waals surface area contributed by atoms with Crippen LogP contribution in [0.1, 0.15) is 10.4 Å². The van der Waals surface area contributed by atoms with E-state index in [0.717, 1.165) is 6.07 Å². The largest absolute Gasteiger partial charge is 0.490 e. The zero-order valence-corrected chi connectivity index (χ0v) is 12.8. The Hall–Kier alpha value is -2.31. The van der Waals surface area contributed by atoms with Gasteiger partial charge in [-0.3, -0.25) is 14.9 Å². The van der Waals surface area contributed by atoms with E-state index in [2.05, 4.69) is 5.32 Å². The minimum absolute atomic E-state index is 0.0797. The maximum Gasteiger partial charge on any atom is 0.311 e. The third-order valence-corrected chi connectivity index (χ3v) is 3.55. The van der Waals surface area contributed by atoms with Crippen LogP contribution in [0, 0.1) is 10.1 Å². The molecule has 0 saturated heterocycles. The van der Waals surface area contributed by atoms with E-state index in [1.165, 1.54) is 31.4 Å². The van der Waals surface area contributed by atoms with Gasteiger partial charge in [0.05, 0.1) is 22.1 Å². The molecule has 0 heterocycles. The molecule has 0 aliphatic carbocycles. The molecule has 1 amide bonds. The first-order valence-electron chi connectivity index (χ1n) is 6.01. The Morgan fingerprint density at radius 1 is 1.18 bits per heavy atom. The molecule has 0 aromatic heterocycles. The molecule has 1 N–H and O–H groups in total. The predicted molar refractivity (Wildman–Crippen MR) is 84.1 cm³/mol. The van der Waals surface area contributed by atoms with Gasteiger partial charge in [-0.05, 0) is 30.3 Å². The normalized spacial score (nSPS) is 10.1. The van der Waals surface area contributed by atoms with Crippen LogP contribution in [0.2, 0.25) is 10.0 Å². The number of amides is 1. The Morgan fingerprint density at radius 3 is 2.50 bits per heavy atom. The molecule has 2 rings (SSSR count). The van der Waals surface area contributed by atoms with Crippen LogP contribution >= 0.6 is 23.2 Å². The molecule has 114 valence electrons. The predicted octanol–water partition coefficient (Wildman–Crippen LogP) is 4.16. The SMILES string of the molecule is COc1ccc(C(=O)Nc2ccc(Cl)c(Cl)c2)cc1[N+](=O)[O-]. The summed E-state index contributed by atoms with van der Waals surface area (Å²) in [5, 5.41) is 14.2. The number of hydrogen-bond acceptors (Lipinski definition) is 4. The van der Waals surface area contributed by atoms with E-state index in [4.69, 9.17) is 27.9 Å². The molecule has 0 aliphatic heterocycles. The Bertz CT molecular complexity index is 750. The summed E-state index contributed by atoms with van der Waals surface area (Å²) in [7, 11) is 1.32. The number of nitro groups is 1. The van der Waals surface area contributed by atoms with Gasteiger partial charge in [-0.25, -0.2) is 0 Å². The lowest BCUT2D eigenvalue weighted by Gasteiger charge is -2.07. The van der Waals surface area contributed by atoms with E-state index in [9.17, 15) is 14.9 Å². The third-order valence-electron chi connectivity index (χ3n) is 2.82. The fourth-order valence-electron chi connectivity index (χ4n) is 1.75. The third kappa shape index (κ3) is 3.47. The number of methoxy groups -OCH3 is 1. The van der Waals surface area contributed by atoms with Crippen LogP contribution in [0.4, 0.5) is 11.4 Å². The molecule has 0 fully saturated rings. The van der Waals surface area contributed by atoms with Crippen LogP contribution in [-0.2, 0) is 0 Å². The average molecular weight is 341 g/mol. The van der Waals surface area contributed by atoms with Gasteiger partial charge in [-0.1, -0.05) is 23.2 Å². The van der Waals surface area contributed by atoms with Crippen molar-refractivity contribution in [1.82, 2.24) is 0 Å². The molecule has 0 aliphatic rings. The van der Waals surface area contributed by atoms with Crippen LogP contribution in [0.15, 0.2) is 36.4 Å². The number of carbonyl (C=O) groups excluding carboxylic acids is 1. The molecule has 8 heteroatoms. The van der Waals surface area contributed by atoms with Gasteiger partial charge >= 0.3 is 5.69 Å². The van der Waals surface area contributed by atoms with Crippen molar-refractivity contribution in [3.8, 4) is 5.75 Å². The summed E-state index contributed by atoms with van der Waals surface area (Å²) in [6, 6.07) is 8.53. The molecule has 2 aromatic rings. The zero-order valence-electron chi connectivity index (χ0n) is 11.3. The number of nitro benzene ring substituents is 1. The Morgan fingerprint density at radius 2 is 1.91 bits per heavy atom. The summed E-state index contributed by atoms with van der Waals surface area (Å²) in [5.41, 5.74) is 0.265. The van der Waals surface area contributed by atoms with Crippen molar-refractivity contribution in [2.45, 2.75) is 0 Å². The number of benzene rings is 2. The Kier molecular flexibility index (Phi) is 4.85. The second-order valence-electron chi connectivity index (χ2n) is 4.23. The number of hydrogen-bond donors (Lipinski definition) is 1. The van der Waals surface area contributed by atoms with Crippen molar-refractivity contribution in [3.63, 3.8) is 0 Å². The van der Waals surface area contributed by atoms with Gasteiger partial charge in [0.1, 0.15) is 0 Å². The van der Waals surface area contributed by atoms with E-state index in [0.29, 0.717) is 15.7 Å². The van der Waals surface area contributed by atoms with E-state index in [-0.39, 0.29) is 17.0 Å². The van der Waals surface area contributed by atoms with Gasteiger partial charge < -0.3 is 10.1 Å². The smallest absolute Gasteiger partial charge is 0.311 e. The summed E-state index contributed by atoms with van der Waals surface area (Å²) in [4.78, 5) is 22.5. The summed E-state index contributed by atoms with van der Waals surface area (Å²) in [5.74, 6) is -0.430. The lowest BCUT2D eigenvalue weighted by atomic mass is 10.1. The molecule has 2 aromatic carbocycles. The van der Waals surface area contributed by atoms with Gasteiger partial charge in [0.2, 0.25) is 0 Å². The Balaban J connectivity index is 2.27. The molecule has 0 bridgehead atoms. The van der Waals surface area contributed by atoms with Gasteiger partial charge in [0, 0.05) is 17.3 Å². The number of nitrogens with one attached hydrogen (secondary N) is 1. The fourth-order valence-corrected chi connectivity index (χ4v) is 2.05. The highest BCUT2D eigenvalue weighted by molar-refractivity contribution is 6.42. The quantitative estimate of drug-likeness (QED) is 0.669. The maximum absolute atomic E-state index is 12.1.